The molecule has 104 valence electrons. The molecule has 1 unspecified atom stereocenters. The number of benzene rings is 1. The van der Waals surface area contributed by atoms with Crippen molar-refractivity contribution in [3.63, 3.8) is 0 Å². The van der Waals surface area contributed by atoms with E-state index >= 15 is 0 Å². The van der Waals surface area contributed by atoms with Gasteiger partial charge in [-0.1, -0.05) is 32.9 Å². The van der Waals surface area contributed by atoms with Gasteiger partial charge in [-0.2, -0.15) is 0 Å². The van der Waals surface area contributed by atoms with Crippen LogP contribution in [0.5, 0.6) is 11.5 Å². The second-order valence-electron chi connectivity index (χ2n) is 4.40. The molecule has 0 radical (unpaired) electrons. The third-order valence-electron chi connectivity index (χ3n) is 2.75. The van der Waals surface area contributed by atoms with E-state index < -0.39 is 0 Å². The van der Waals surface area contributed by atoms with Gasteiger partial charge in [0.2, 0.25) is 0 Å². The predicted octanol–water partition coefficient (Wildman–Crippen LogP) is 3.34. The van der Waals surface area contributed by atoms with Gasteiger partial charge < -0.3 is 9.47 Å². The summed E-state index contributed by atoms with van der Waals surface area (Å²) in [5, 5.41) is 0. The number of rotatable bonds is 6. The van der Waals surface area contributed by atoms with Gasteiger partial charge in [-0.25, -0.2) is 0 Å². The molecule has 0 heterocycles. The molecule has 0 aliphatic carbocycles. The molecule has 1 atom stereocenters. The van der Waals surface area contributed by atoms with Crippen LogP contribution in [0.25, 0.3) is 0 Å². The van der Waals surface area contributed by atoms with Crippen LogP contribution in [0.1, 0.15) is 40.0 Å². The number of carbonyl (C=O) groups is 2. The molecule has 0 bridgehead atoms. The van der Waals surface area contributed by atoms with E-state index in [0.717, 1.165) is 0 Å². The molecule has 0 aliphatic rings. The van der Waals surface area contributed by atoms with E-state index in [1.165, 1.54) is 0 Å². The van der Waals surface area contributed by atoms with E-state index in [1.807, 2.05) is 13.8 Å². The molecule has 1 rings (SSSR count). The lowest BCUT2D eigenvalue weighted by Gasteiger charge is -2.12. The zero-order chi connectivity index (χ0) is 14.3. The molecule has 0 aromatic heterocycles. The first kappa shape index (κ1) is 15.2. The van der Waals surface area contributed by atoms with Gasteiger partial charge in [0.05, 0.1) is 5.92 Å². The lowest BCUT2D eigenvalue weighted by atomic mass is 10.1. The highest BCUT2D eigenvalue weighted by atomic mass is 16.6. The van der Waals surface area contributed by atoms with Crippen molar-refractivity contribution in [2.45, 2.75) is 40.0 Å². The molecule has 0 fully saturated rings. The topological polar surface area (TPSA) is 52.6 Å². The Morgan fingerprint density at radius 1 is 1.11 bits per heavy atom. The number of esters is 2. The van der Waals surface area contributed by atoms with Gasteiger partial charge in [0.1, 0.15) is 0 Å². The molecule has 0 N–H and O–H groups in total. The molecular formula is C15H20O4. The van der Waals surface area contributed by atoms with Gasteiger partial charge in [-0.3, -0.25) is 9.59 Å². The minimum atomic E-state index is -0.325. The van der Waals surface area contributed by atoms with Crippen LogP contribution in [0, 0.1) is 5.92 Å². The molecule has 0 spiro atoms. The smallest absolute Gasteiger partial charge is 0.314 e. The minimum Gasteiger partial charge on any atom is -0.423 e. The van der Waals surface area contributed by atoms with Crippen LogP contribution < -0.4 is 9.47 Å². The van der Waals surface area contributed by atoms with Gasteiger partial charge in [0.25, 0.3) is 0 Å². The van der Waals surface area contributed by atoms with Gasteiger partial charge in [0, 0.05) is 6.42 Å². The van der Waals surface area contributed by atoms with Crippen LogP contribution in [0.3, 0.4) is 0 Å². The van der Waals surface area contributed by atoms with Crippen molar-refractivity contribution in [1.82, 2.24) is 0 Å². The first-order chi connectivity index (χ1) is 9.08. The highest BCUT2D eigenvalue weighted by Gasteiger charge is 2.16. The molecule has 0 saturated heterocycles. The fourth-order valence-corrected chi connectivity index (χ4v) is 1.37. The Bertz CT molecular complexity index is 440. The fraction of sp³-hybridized carbons (Fsp3) is 0.467. The van der Waals surface area contributed by atoms with E-state index in [2.05, 4.69) is 0 Å². The third-order valence-corrected chi connectivity index (χ3v) is 2.75. The van der Waals surface area contributed by atoms with Crippen LogP contribution >= 0.6 is 0 Å². The second kappa shape index (κ2) is 7.56. The summed E-state index contributed by atoms with van der Waals surface area (Å²) in [7, 11) is 0. The summed E-state index contributed by atoms with van der Waals surface area (Å²) in [5.74, 6) is -0.245. The Hall–Kier alpha value is -1.84. The largest absolute Gasteiger partial charge is 0.423 e. The maximum atomic E-state index is 11.7. The molecule has 0 amide bonds. The Labute approximate surface area is 113 Å². The van der Waals surface area contributed by atoms with Crippen molar-refractivity contribution in [2.75, 3.05) is 0 Å². The summed E-state index contributed by atoms with van der Waals surface area (Å²) >= 11 is 0. The Morgan fingerprint density at radius 2 is 1.68 bits per heavy atom. The van der Waals surface area contributed by atoms with Crippen molar-refractivity contribution >= 4 is 11.9 Å². The van der Waals surface area contributed by atoms with Crippen molar-refractivity contribution in [3.05, 3.63) is 24.3 Å². The minimum absolute atomic E-state index is 0.181. The lowest BCUT2D eigenvalue weighted by molar-refractivity contribution is -0.139. The van der Waals surface area contributed by atoms with Gasteiger partial charge >= 0.3 is 11.9 Å². The highest BCUT2D eigenvalue weighted by molar-refractivity contribution is 5.77. The number of hydrogen-bond donors (Lipinski definition) is 0. The first-order valence-corrected chi connectivity index (χ1v) is 6.59. The van der Waals surface area contributed by atoms with Crippen LogP contribution in [-0.4, -0.2) is 11.9 Å². The first-order valence-electron chi connectivity index (χ1n) is 6.59. The normalized spacial score (nSPS) is 11.7. The van der Waals surface area contributed by atoms with Gasteiger partial charge in [-0.05, 0) is 25.0 Å². The van der Waals surface area contributed by atoms with Crippen molar-refractivity contribution in [2.24, 2.45) is 5.92 Å². The number of hydrogen-bond acceptors (Lipinski definition) is 4. The van der Waals surface area contributed by atoms with Crippen LogP contribution in [-0.2, 0) is 9.59 Å². The van der Waals surface area contributed by atoms with E-state index in [1.54, 1.807) is 31.2 Å². The Morgan fingerprint density at radius 3 is 2.21 bits per heavy atom. The van der Waals surface area contributed by atoms with Crippen LogP contribution in [0.2, 0.25) is 0 Å². The standard InChI is InChI=1S/C15H20O4/c1-4-8-14(16)18-12-9-6-7-10-13(12)19-15(17)11(3)5-2/h6-7,9-11H,4-5,8H2,1-3H3. The zero-order valence-corrected chi connectivity index (χ0v) is 11.6. The molecule has 0 saturated carbocycles. The van der Waals surface area contributed by atoms with Gasteiger partial charge in [-0.15, -0.1) is 0 Å². The zero-order valence-electron chi connectivity index (χ0n) is 11.6. The second-order valence-corrected chi connectivity index (χ2v) is 4.40. The summed E-state index contributed by atoms with van der Waals surface area (Å²) < 4.78 is 10.4. The van der Waals surface area contributed by atoms with Crippen LogP contribution in [0.4, 0.5) is 0 Å². The molecule has 0 aliphatic heterocycles. The van der Waals surface area contributed by atoms with E-state index in [4.69, 9.17) is 9.47 Å². The lowest BCUT2D eigenvalue weighted by Crippen LogP contribution is -2.18. The Balaban J connectivity index is 2.78. The average molecular weight is 264 g/mol. The van der Waals surface area contributed by atoms with Gasteiger partial charge in [0.15, 0.2) is 11.5 Å². The molecular weight excluding hydrogens is 244 g/mol. The van der Waals surface area contributed by atoms with E-state index in [0.29, 0.717) is 19.3 Å². The Kier molecular flexibility index (Phi) is 6.06. The number of para-hydroxylation sites is 2. The van der Waals surface area contributed by atoms with E-state index in [9.17, 15) is 9.59 Å². The third kappa shape index (κ3) is 4.73. The molecule has 4 nitrogen and oxygen atoms in total. The number of carbonyl (C=O) groups excluding carboxylic acids is 2. The summed E-state index contributed by atoms with van der Waals surface area (Å²) in [4.78, 5) is 23.2. The predicted molar refractivity (Wildman–Crippen MR) is 72.1 cm³/mol. The summed E-state index contributed by atoms with van der Waals surface area (Å²) in [6.07, 6.45) is 1.76. The molecule has 1 aromatic rings. The summed E-state index contributed by atoms with van der Waals surface area (Å²) in [5.41, 5.74) is 0. The van der Waals surface area contributed by atoms with Crippen molar-refractivity contribution in [3.8, 4) is 11.5 Å². The quantitative estimate of drug-likeness (QED) is 0.584. The highest BCUT2D eigenvalue weighted by Crippen LogP contribution is 2.27. The van der Waals surface area contributed by atoms with Crippen LogP contribution in [0.15, 0.2) is 24.3 Å². The SMILES string of the molecule is CCCC(=O)Oc1ccccc1OC(=O)C(C)CC. The van der Waals surface area contributed by atoms with Crippen molar-refractivity contribution in [1.29, 1.82) is 0 Å². The monoisotopic (exact) mass is 264 g/mol. The fourth-order valence-electron chi connectivity index (χ4n) is 1.37. The van der Waals surface area contributed by atoms with Crippen molar-refractivity contribution < 1.29 is 19.1 Å². The summed E-state index contributed by atoms with van der Waals surface area (Å²) in [6.45, 7) is 5.61. The molecule has 19 heavy (non-hydrogen) atoms. The summed E-state index contributed by atoms with van der Waals surface area (Å²) in [6, 6.07) is 6.70. The number of ether oxygens (including phenoxy) is 2. The average Bonchev–Trinajstić information content (AvgIpc) is 2.40. The molecule has 1 aromatic carbocycles. The van der Waals surface area contributed by atoms with E-state index in [-0.39, 0.29) is 29.4 Å². The maximum Gasteiger partial charge on any atom is 0.314 e. The molecule has 4 heteroatoms. The maximum absolute atomic E-state index is 11.7.